The molecule has 0 aliphatic rings. The van der Waals surface area contributed by atoms with E-state index in [2.05, 4.69) is 10.3 Å². The molecule has 0 saturated heterocycles. The summed E-state index contributed by atoms with van der Waals surface area (Å²) in [6.45, 7) is 0. The molecule has 7 nitrogen and oxygen atoms in total. The molecule has 0 atom stereocenters. The second-order valence-corrected chi connectivity index (χ2v) is 6.62. The summed E-state index contributed by atoms with van der Waals surface area (Å²) in [6.07, 6.45) is 1.63. The summed E-state index contributed by atoms with van der Waals surface area (Å²) in [5.41, 5.74) is 13.1. The molecule has 4 aromatic rings. The van der Waals surface area contributed by atoms with Crippen LogP contribution in [0, 0.1) is 0 Å². The third-order valence-electron chi connectivity index (χ3n) is 4.58. The van der Waals surface area contributed by atoms with Gasteiger partial charge in [0.25, 0.3) is 0 Å². The SMILES string of the molecule is COc1cc(Nc2cc(Oc3ccc(N)c4ccccc34)ccn2)cc(C(N)=O)c1. The number of carbonyl (C=O) groups is 1. The Kier molecular flexibility index (Phi) is 5.09. The number of carbonyl (C=O) groups excluding carboxylic acids is 1. The topological polar surface area (TPSA) is 112 Å². The van der Waals surface area contributed by atoms with E-state index in [0.717, 1.165) is 10.8 Å². The predicted octanol–water partition coefficient (Wildman–Crippen LogP) is 4.46. The molecule has 7 heteroatoms. The van der Waals surface area contributed by atoms with Gasteiger partial charge in [0.1, 0.15) is 23.1 Å². The molecule has 5 N–H and O–H groups in total. The van der Waals surface area contributed by atoms with E-state index in [1.807, 2.05) is 36.4 Å². The van der Waals surface area contributed by atoms with E-state index in [4.69, 9.17) is 20.9 Å². The number of pyridine rings is 1. The van der Waals surface area contributed by atoms with Crippen molar-refractivity contribution >= 4 is 33.9 Å². The standard InChI is InChI=1S/C23H20N4O3/c1-29-17-11-14(23(25)28)10-15(12-17)27-22-13-16(8-9-26-22)30-21-7-6-20(24)18-4-2-3-5-19(18)21/h2-13H,24H2,1H3,(H2,25,28)(H,26,27). The lowest BCUT2D eigenvalue weighted by molar-refractivity contribution is 0.1000. The average Bonchev–Trinajstić information content (AvgIpc) is 2.76. The summed E-state index contributed by atoms with van der Waals surface area (Å²) in [6, 6.07) is 19.9. The zero-order chi connectivity index (χ0) is 21.1. The van der Waals surface area contributed by atoms with E-state index < -0.39 is 5.91 Å². The molecule has 0 bridgehead atoms. The highest BCUT2D eigenvalue weighted by Gasteiger charge is 2.09. The van der Waals surface area contributed by atoms with Gasteiger partial charge in [-0.1, -0.05) is 24.3 Å². The molecule has 150 valence electrons. The monoisotopic (exact) mass is 400 g/mol. The van der Waals surface area contributed by atoms with Crippen molar-refractivity contribution in [3.63, 3.8) is 0 Å². The second kappa shape index (κ2) is 8.00. The third kappa shape index (κ3) is 3.95. The second-order valence-electron chi connectivity index (χ2n) is 6.62. The molecule has 30 heavy (non-hydrogen) atoms. The average molecular weight is 400 g/mol. The Hall–Kier alpha value is -4.26. The van der Waals surface area contributed by atoms with Gasteiger partial charge in [0.15, 0.2) is 0 Å². The van der Waals surface area contributed by atoms with Crippen molar-refractivity contribution in [1.29, 1.82) is 0 Å². The number of benzene rings is 3. The number of hydrogen-bond donors (Lipinski definition) is 3. The molecule has 0 spiro atoms. The van der Waals surface area contributed by atoms with Crippen LogP contribution in [0.25, 0.3) is 10.8 Å². The lowest BCUT2D eigenvalue weighted by Gasteiger charge is -2.12. The molecule has 3 aromatic carbocycles. The van der Waals surface area contributed by atoms with E-state index in [-0.39, 0.29) is 0 Å². The molecule has 0 unspecified atom stereocenters. The Morgan fingerprint density at radius 1 is 0.967 bits per heavy atom. The van der Waals surface area contributed by atoms with Crippen LogP contribution in [0.5, 0.6) is 17.2 Å². The van der Waals surface area contributed by atoms with Crippen LogP contribution in [0.4, 0.5) is 17.2 Å². The molecule has 0 saturated carbocycles. The zero-order valence-corrected chi connectivity index (χ0v) is 16.3. The van der Waals surface area contributed by atoms with Gasteiger partial charge in [0.2, 0.25) is 5.91 Å². The molecule has 1 aromatic heterocycles. The minimum absolute atomic E-state index is 0.331. The number of nitrogens with two attached hydrogens (primary N) is 2. The fourth-order valence-corrected chi connectivity index (χ4v) is 3.13. The van der Waals surface area contributed by atoms with Gasteiger partial charge in [-0.15, -0.1) is 0 Å². The number of rotatable bonds is 6. The number of methoxy groups -OCH3 is 1. The third-order valence-corrected chi connectivity index (χ3v) is 4.58. The molecule has 0 fully saturated rings. The van der Waals surface area contributed by atoms with Crippen molar-refractivity contribution in [1.82, 2.24) is 4.98 Å². The highest BCUT2D eigenvalue weighted by Crippen LogP contribution is 2.34. The van der Waals surface area contributed by atoms with Crippen molar-refractivity contribution < 1.29 is 14.3 Å². The number of aromatic nitrogens is 1. The van der Waals surface area contributed by atoms with Crippen molar-refractivity contribution in [2.75, 3.05) is 18.2 Å². The van der Waals surface area contributed by atoms with Crippen LogP contribution in [0.2, 0.25) is 0 Å². The van der Waals surface area contributed by atoms with Crippen LogP contribution in [0.3, 0.4) is 0 Å². The Morgan fingerprint density at radius 2 is 1.77 bits per heavy atom. The maximum Gasteiger partial charge on any atom is 0.248 e. The first-order chi connectivity index (χ1) is 14.5. The maximum absolute atomic E-state index is 11.6. The normalized spacial score (nSPS) is 10.6. The minimum atomic E-state index is -0.544. The van der Waals surface area contributed by atoms with Gasteiger partial charge in [0.05, 0.1) is 7.11 Å². The molecule has 0 radical (unpaired) electrons. The van der Waals surface area contributed by atoms with Crippen molar-refractivity contribution in [2.45, 2.75) is 0 Å². The fourth-order valence-electron chi connectivity index (χ4n) is 3.13. The summed E-state index contributed by atoms with van der Waals surface area (Å²) < 4.78 is 11.3. The number of nitrogens with one attached hydrogen (secondary N) is 1. The first-order valence-corrected chi connectivity index (χ1v) is 9.20. The number of nitrogens with zero attached hydrogens (tertiary/aromatic N) is 1. The van der Waals surface area contributed by atoms with Gasteiger partial charge in [0, 0.05) is 46.0 Å². The summed E-state index contributed by atoms with van der Waals surface area (Å²) in [4.78, 5) is 15.9. The lowest BCUT2D eigenvalue weighted by Crippen LogP contribution is -2.11. The van der Waals surface area contributed by atoms with Crippen molar-refractivity contribution in [2.24, 2.45) is 5.73 Å². The van der Waals surface area contributed by atoms with Gasteiger partial charge in [-0.25, -0.2) is 4.98 Å². The molecular weight excluding hydrogens is 380 g/mol. The number of hydrogen-bond acceptors (Lipinski definition) is 6. The first-order valence-electron chi connectivity index (χ1n) is 9.20. The highest BCUT2D eigenvalue weighted by atomic mass is 16.5. The summed E-state index contributed by atoms with van der Waals surface area (Å²) >= 11 is 0. The Balaban J connectivity index is 1.62. The summed E-state index contributed by atoms with van der Waals surface area (Å²) in [5.74, 6) is 1.79. The van der Waals surface area contributed by atoms with Crippen molar-refractivity contribution in [3.05, 3.63) is 78.5 Å². The summed E-state index contributed by atoms with van der Waals surface area (Å²) in [7, 11) is 1.52. The van der Waals surface area contributed by atoms with E-state index >= 15 is 0 Å². The Labute approximate surface area is 173 Å². The zero-order valence-electron chi connectivity index (χ0n) is 16.3. The largest absolute Gasteiger partial charge is 0.497 e. The molecule has 1 heterocycles. The van der Waals surface area contributed by atoms with E-state index in [9.17, 15) is 4.79 Å². The molecule has 0 aliphatic carbocycles. The maximum atomic E-state index is 11.6. The number of primary amides is 1. The minimum Gasteiger partial charge on any atom is -0.497 e. The van der Waals surface area contributed by atoms with Crippen LogP contribution in [0.1, 0.15) is 10.4 Å². The molecule has 1 amide bonds. The van der Waals surface area contributed by atoms with Gasteiger partial charge in [-0.3, -0.25) is 4.79 Å². The quantitative estimate of drug-likeness (QED) is 0.412. The Morgan fingerprint density at radius 3 is 2.53 bits per heavy atom. The van der Waals surface area contributed by atoms with E-state index in [1.165, 1.54) is 7.11 Å². The number of nitrogen functional groups attached to an aromatic ring is 1. The number of amides is 1. The van der Waals surface area contributed by atoms with Crippen LogP contribution in [-0.4, -0.2) is 18.0 Å². The number of anilines is 3. The smallest absolute Gasteiger partial charge is 0.248 e. The number of fused-ring (bicyclic) bond motifs is 1. The Bertz CT molecular complexity index is 1240. The first kappa shape index (κ1) is 19.1. The lowest BCUT2D eigenvalue weighted by atomic mass is 10.1. The molecule has 4 rings (SSSR count). The van der Waals surface area contributed by atoms with Crippen LogP contribution < -0.4 is 26.3 Å². The molecular formula is C23H20N4O3. The van der Waals surface area contributed by atoms with Gasteiger partial charge < -0.3 is 26.3 Å². The van der Waals surface area contributed by atoms with Crippen LogP contribution >= 0.6 is 0 Å². The van der Waals surface area contributed by atoms with E-state index in [1.54, 1.807) is 36.5 Å². The van der Waals surface area contributed by atoms with Gasteiger partial charge in [-0.05, 0) is 30.3 Å². The van der Waals surface area contributed by atoms with Gasteiger partial charge in [-0.2, -0.15) is 0 Å². The highest BCUT2D eigenvalue weighted by molar-refractivity contribution is 5.97. The fraction of sp³-hybridized carbons (Fsp3) is 0.0435. The molecule has 0 aliphatic heterocycles. The summed E-state index contributed by atoms with van der Waals surface area (Å²) in [5, 5.41) is 5.00. The van der Waals surface area contributed by atoms with Crippen LogP contribution in [0.15, 0.2) is 72.9 Å². The van der Waals surface area contributed by atoms with Crippen LogP contribution in [-0.2, 0) is 0 Å². The van der Waals surface area contributed by atoms with Crippen molar-refractivity contribution in [3.8, 4) is 17.2 Å². The number of ether oxygens (including phenoxy) is 2. The van der Waals surface area contributed by atoms with E-state index in [0.29, 0.717) is 40.0 Å². The predicted molar refractivity (Wildman–Crippen MR) is 117 cm³/mol. The van der Waals surface area contributed by atoms with Gasteiger partial charge >= 0.3 is 0 Å².